The summed E-state index contributed by atoms with van der Waals surface area (Å²) in [5, 5.41) is 25.1. The first-order valence-electron chi connectivity index (χ1n) is 21.1. The molecule has 0 amide bonds. The lowest BCUT2D eigenvalue weighted by molar-refractivity contribution is -0.153. The van der Waals surface area contributed by atoms with Crippen LogP contribution in [0.4, 0.5) is 0 Å². The number of hydrogen-bond acceptors (Lipinski definition) is 8. The highest BCUT2D eigenvalue weighted by atomic mass is 35.5. The predicted octanol–water partition coefficient (Wildman–Crippen LogP) is 10.8. The smallest absolute Gasteiger partial charge is 0.326 e. The molecule has 0 fully saturated rings. The van der Waals surface area contributed by atoms with Crippen LogP contribution in [-0.2, 0) is 42.4 Å². The van der Waals surface area contributed by atoms with E-state index in [1.807, 2.05) is 109 Å². The summed E-state index contributed by atoms with van der Waals surface area (Å²) in [6.07, 6.45) is 7.68. The highest BCUT2D eigenvalue weighted by Gasteiger charge is 2.46. The van der Waals surface area contributed by atoms with Crippen LogP contribution in [0.2, 0.25) is 10.0 Å². The molecule has 0 spiro atoms. The topological polar surface area (TPSA) is 106 Å². The third kappa shape index (κ3) is 13.9. The van der Waals surface area contributed by atoms with Gasteiger partial charge >= 0.3 is 5.97 Å². The Balaban J connectivity index is 1.02. The Morgan fingerprint density at radius 3 is 1.63 bits per heavy atom. The van der Waals surface area contributed by atoms with Crippen LogP contribution in [0.15, 0.2) is 127 Å². The van der Waals surface area contributed by atoms with Crippen LogP contribution in [0, 0.1) is 0 Å². The summed E-state index contributed by atoms with van der Waals surface area (Å²) in [6.45, 7) is 4.44. The molecular formula is C50H59Cl2NO7. The van der Waals surface area contributed by atoms with Crippen molar-refractivity contribution in [2.75, 3.05) is 46.1 Å². The Hall–Kier alpha value is -4.25. The molecule has 0 aliphatic heterocycles. The Morgan fingerprint density at radius 1 is 0.600 bits per heavy atom. The number of rotatable bonds is 28. The van der Waals surface area contributed by atoms with E-state index in [2.05, 4.69) is 5.32 Å². The number of aromatic hydroxyl groups is 1. The average molecular weight is 857 g/mol. The van der Waals surface area contributed by atoms with Crippen molar-refractivity contribution in [1.29, 1.82) is 0 Å². The fourth-order valence-electron chi connectivity index (χ4n) is 7.26. The number of carbonyl (C=O) groups excluding carboxylic acids is 1. The van der Waals surface area contributed by atoms with E-state index < -0.39 is 17.5 Å². The van der Waals surface area contributed by atoms with E-state index in [9.17, 15) is 15.0 Å². The normalized spacial score (nSPS) is 12.1. The molecule has 10 heteroatoms. The summed E-state index contributed by atoms with van der Waals surface area (Å²) in [5.41, 5.74) is 3.00. The zero-order chi connectivity index (χ0) is 42.3. The van der Waals surface area contributed by atoms with Gasteiger partial charge in [-0.2, -0.15) is 0 Å². The van der Waals surface area contributed by atoms with Crippen molar-refractivity contribution >= 4 is 29.2 Å². The highest BCUT2D eigenvalue weighted by Crippen LogP contribution is 2.42. The number of ether oxygens (including phenoxy) is 4. The molecule has 60 heavy (non-hydrogen) atoms. The van der Waals surface area contributed by atoms with Crippen molar-refractivity contribution in [2.45, 2.75) is 76.1 Å². The van der Waals surface area contributed by atoms with E-state index in [1.165, 1.54) is 0 Å². The summed E-state index contributed by atoms with van der Waals surface area (Å²) >= 11 is 12.4. The second-order valence-electron chi connectivity index (χ2n) is 14.8. The Kier molecular flexibility index (Phi) is 20.4. The molecule has 3 N–H and O–H groups in total. The minimum atomic E-state index is -1.25. The van der Waals surface area contributed by atoms with Gasteiger partial charge in [-0.25, -0.2) is 0 Å². The van der Waals surface area contributed by atoms with Gasteiger partial charge in [-0.1, -0.05) is 152 Å². The quantitative estimate of drug-likeness (QED) is 0.0259. The molecule has 5 rings (SSSR count). The fourth-order valence-corrected chi connectivity index (χ4v) is 7.77. The molecule has 0 aliphatic rings. The van der Waals surface area contributed by atoms with Gasteiger partial charge in [0, 0.05) is 47.5 Å². The number of esters is 1. The lowest BCUT2D eigenvalue weighted by Crippen LogP contribution is -2.41. The third-order valence-electron chi connectivity index (χ3n) is 10.6. The van der Waals surface area contributed by atoms with Crippen LogP contribution in [0.1, 0.15) is 90.9 Å². The summed E-state index contributed by atoms with van der Waals surface area (Å²) < 4.78 is 23.8. The number of aliphatic hydroxyl groups excluding tert-OH is 1. The maximum absolute atomic E-state index is 14.9. The Labute approximate surface area is 365 Å². The molecule has 8 nitrogen and oxygen atoms in total. The van der Waals surface area contributed by atoms with Crippen molar-refractivity contribution in [3.8, 4) is 5.75 Å². The molecule has 0 radical (unpaired) electrons. The molecule has 5 aromatic rings. The van der Waals surface area contributed by atoms with Gasteiger partial charge in [-0.15, -0.1) is 0 Å². The van der Waals surface area contributed by atoms with Crippen LogP contribution < -0.4 is 5.32 Å². The number of carbonyl (C=O) groups is 1. The summed E-state index contributed by atoms with van der Waals surface area (Å²) in [7, 11) is 0. The summed E-state index contributed by atoms with van der Waals surface area (Å²) in [6, 6.07) is 39.6. The molecule has 0 aromatic heterocycles. The van der Waals surface area contributed by atoms with E-state index in [0.717, 1.165) is 100.0 Å². The predicted molar refractivity (Wildman–Crippen MR) is 240 cm³/mol. The van der Waals surface area contributed by atoms with Crippen molar-refractivity contribution in [2.24, 2.45) is 0 Å². The van der Waals surface area contributed by atoms with Crippen LogP contribution in [0.3, 0.4) is 0 Å². The van der Waals surface area contributed by atoms with Crippen LogP contribution >= 0.6 is 23.2 Å². The van der Waals surface area contributed by atoms with Gasteiger partial charge < -0.3 is 34.5 Å². The first-order valence-corrected chi connectivity index (χ1v) is 21.9. The van der Waals surface area contributed by atoms with E-state index in [4.69, 9.17) is 42.1 Å². The standard InChI is InChI=1S/C50H59Cl2NO7/c51-45-25-18-26-46(52)44(45)38-59-34-33-58-32-17-4-3-16-31-57-30-15-2-1-14-29-53-36-48(39-27-28-47(55)40(35-39)37-54)60-49(56)50(41-19-8-5-9-20-41,42-21-10-6-11-22-42)43-23-12-7-13-24-43/h5-13,18-28,35,48,53-55H,1-4,14-17,29-34,36-38H2/t48-/m0/s1. The van der Waals surface area contributed by atoms with Crippen molar-refractivity contribution in [3.63, 3.8) is 0 Å². The summed E-state index contributed by atoms with van der Waals surface area (Å²) in [5.74, 6) is -0.423. The van der Waals surface area contributed by atoms with E-state index >= 15 is 0 Å². The monoisotopic (exact) mass is 855 g/mol. The minimum Gasteiger partial charge on any atom is -0.508 e. The van der Waals surface area contributed by atoms with Gasteiger partial charge in [0.05, 0.1) is 26.4 Å². The summed E-state index contributed by atoms with van der Waals surface area (Å²) in [4.78, 5) is 14.9. The van der Waals surface area contributed by atoms with Gasteiger partial charge in [0.25, 0.3) is 0 Å². The van der Waals surface area contributed by atoms with Crippen LogP contribution in [0.5, 0.6) is 5.75 Å². The number of benzene rings is 5. The molecule has 0 heterocycles. The molecule has 1 atom stereocenters. The molecule has 0 aliphatic carbocycles. The van der Waals surface area contributed by atoms with Gasteiger partial charge in [-0.05, 0) is 78.7 Å². The van der Waals surface area contributed by atoms with E-state index in [1.54, 1.807) is 18.2 Å². The molecule has 0 unspecified atom stereocenters. The molecule has 0 saturated carbocycles. The first-order chi connectivity index (χ1) is 29.4. The molecule has 5 aromatic carbocycles. The highest BCUT2D eigenvalue weighted by molar-refractivity contribution is 6.35. The first kappa shape index (κ1) is 46.8. The fraction of sp³-hybridized carbons (Fsp3) is 0.380. The number of phenols is 1. The third-order valence-corrected chi connectivity index (χ3v) is 11.3. The SMILES string of the molecule is O=C(O[C@@H](CNCCCCCCOCCCCCCOCCOCc1c(Cl)cccc1Cl)c1ccc(O)c(CO)c1)C(c1ccccc1)(c1ccccc1)c1ccccc1. The largest absolute Gasteiger partial charge is 0.508 e. The van der Waals surface area contributed by atoms with Gasteiger partial charge in [0.2, 0.25) is 0 Å². The lowest BCUT2D eigenvalue weighted by Gasteiger charge is -2.35. The number of hydrogen-bond donors (Lipinski definition) is 3. The molecule has 0 bridgehead atoms. The molecule has 0 saturated heterocycles. The second-order valence-corrected chi connectivity index (χ2v) is 15.6. The molecule has 320 valence electrons. The van der Waals surface area contributed by atoms with E-state index in [0.29, 0.717) is 47.5 Å². The lowest BCUT2D eigenvalue weighted by atomic mass is 9.69. The van der Waals surface area contributed by atoms with Crippen molar-refractivity contribution < 1.29 is 34.0 Å². The van der Waals surface area contributed by atoms with Crippen LogP contribution in [0.25, 0.3) is 0 Å². The van der Waals surface area contributed by atoms with Gasteiger partial charge in [-0.3, -0.25) is 4.79 Å². The Bertz CT molecular complexity index is 1850. The zero-order valence-electron chi connectivity index (χ0n) is 34.4. The van der Waals surface area contributed by atoms with Crippen molar-refractivity contribution in [1.82, 2.24) is 5.32 Å². The molecular weight excluding hydrogens is 797 g/mol. The van der Waals surface area contributed by atoms with E-state index in [-0.39, 0.29) is 12.4 Å². The maximum Gasteiger partial charge on any atom is 0.326 e. The minimum absolute atomic E-state index is 0.00669. The number of unbranched alkanes of at least 4 members (excludes halogenated alkanes) is 6. The number of aliphatic hydroxyl groups is 1. The number of halogens is 2. The second kappa shape index (κ2) is 26.2. The Morgan fingerprint density at radius 2 is 1.10 bits per heavy atom. The van der Waals surface area contributed by atoms with Gasteiger partial charge in [0.1, 0.15) is 17.3 Å². The van der Waals surface area contributed by atoms with Crippen molar-refractivity contribution in [3.05, 3.63) is 171 Å². The number of nitrogens with one attached hydrogen (secondary N) is 1. The maximum atomic E-state index is 14.9. The average Bonchev–Trinajstić information content (AvgIpc) is 3.27. The van der Waals surface area contributed by atoms with Gasteiger partial charge in [0.15, 0.2) is 0 Å². The zero-order valence-corrected chi connectivity index (χ0v) is 35.9. The van der Waals surface area contributed by atoms with Crippen LogP contribution in [-0.4, -0.2) is 62.3 Å².